The number of rotatable bonds is 3. The predicted octanol–water partition coefficient (Wildman–Crippen LogP) is 5.31. The van der Waals surface area contributed by atoms with E-state index in [9.17, 15) is 4.79 Å². The minimum atomic E-state index is 0.0681. The molecule has 0 unspecified atom stereocenters. The van der Waals surface area contributed by atoms with Gasteiger partial charge in [0.25, 0.3) is 0 Å². The molecule has 0 atom stereocenters. The van der Waals surface area contributed by atoms with Crippen LogP contribution in [-0.2, 0) is 5.41 Å². The van der Waals surface area contributed by atoms with E-state index in [1.165, 1.54) is 16.7 Å². The van der Waals surface area contributed by atoms with Crippen LogP contribution in [0.5, 0.6) is 0 Å². The third kappa shape index (κ3) is 2.77. The highest BCUT2D eigenvalue weighted by Gasteiger charge is 2.20. The Bertz CT molecular complexity index is 595. The summed E-state index contributed by atoms with van der Waals surface area (Å²) < 4.78 is 0. The summed E-state index contributed by atoms with van der Waals surface area (Å²) in [5, 5.41) is 0. The topological polar surface area (TPSA) is 17.1 Å². The van der Waals surface area contributed by atoms with Crippen LogP contribution in [0.3, 0.4) is 0 Å². The van der Waals surface area contributed by atoms with Crippen molar-refractivity contribution < 1.29 is 4.79 Å². The summed E-state index contributed by atoms with van der Waals surface area (Å²) in [5.74, 6) is 0.235. The van der Waals surface area contributed by atoms with E-state index in [1.807, 2.05) is 6.92 Å². The molecule has 0 bridgehead atoms. The molecule has 0 amide bonds. The molecule has 1 aromatic rings. The van der Waals surface area contributed by atoms with E-state index in [-0.39, 0.29) is 11.2 Å². The molecule has 1 aliphatic rings. The molecule has 0 spiro atoms. The predicted molar refractivity (Wildman–Crippen MR) is 86.1 cm³/mol. The largest absolute Gasteiger partial charge is 0.294 e. The Labute approximate surface area is 122 Å². The van der Waals surface area contributed by atoms with Gasteiger partial charge < -0.3 is 0 Å². The number of allylic oxidation sites excluding steroid dienone is 4. The van der Waals surface area contributed by atoms with Crippen LogP contribution in [0.15, 0.2) is 35.9 Å². The van der Waals surface area contributed by atoms with Crippen molar-refractivity contribution in [3.8, 4) is 0 Å². The highest BCUT2D eigenvalue weighted by Crippen LogP contribution is 2.34. The van der Waals surface area contributed by atoms with Gasteiger partial charge in [-0.15, -0.1) is 0 Å². The number of carbonyl (C=O) groups is 1. The number of ketones is 1. The van der Waals surface area contributed by atoms with E-state index in [1.54, 1.807) is 0 Å². The summed E-state index contributed by atoms with van der Waals surface area (Å²) in [6.07, 6.45) is 5.81. The number of Topliss-reactive ketones (excluding diaryl/α,β-unsaturated/α-hetero) is 1. The third-order valence-corrected chi connectivity index (χ3v) is 4.00. The Morgan fingerprint density at radius 2 is 1.95 bits per heavy atom. The van der Waals surface area contributed by atoms with Crippen molar-refractivity contribution in [2.45, 2.75) is 52.9 Å². The Balaban J connectivity index is 2.58. The van der Waals surface area contributed by atoms with E-state index < -0.39 is 0 Å². The third-order valence-electron chi connectivity index (χ3n) is 4.00. The maximum absolute atomic E-state index is 12.3. The first-order chi connectivity index (χ1) is 9.34. The molecule has 0 saturated heterocycles. The number of hydrogen-bond acceptors (Lipinski definition) is 1. The lowest BCUT2D eigenvalue weighted by Crippen LogP contribution is -2.13. The van der Waals surface area contributed by atoms with E-state index in [0.717, 1.165) is 17.5 Å². The molecule has 1 aliphatic carbocycles. The summed E-state index contributed by atoms with van der Waals surface area (Å²) in [4.78, 5) is 12.3. The Kier molecular flexibility index (Phi) is 3.99. The summed E-state index contributed by atoms with van der Waals surface area (Å²) >= 11 is 0. The highest BCUT2D eigenvalue weighted by molar-refractivity contribution is 6.01. The van der Waals surface area contributed by atoms with Gasteiger partial charge in [0, 0.05) is 12.0 Å². The molecule has 0 N–H and O–H groups in total. The Hall–Kier alpha value is -1.63. The number of carbonyl (C=O) groups excluding carboxylic acids is 1. The lowest BCUT2D eigenvalue weighted by atomic mass is 9.83. The maximum atomic E-state index is 12.3. The van der Waals surface area contributed by atoms with Gasteiger partial charge in [-0.1, -0.05) is 52.0 Å². The molecular formula is C19H24O. The second-order valence-corrected chi connectivity index (χ2v) is 6.56. The first-order valence-electron chi connectivity index (χ1n) is 7.39. The van der Waals surface area contributed by atoms with E-state index in [2.05, 4.69) is 58.0 Å². The molecule has 0 fully saturated rings. The van der Waals surface area contributed by atoms with Crippen LogP contribution in [-0.4, -0.2) is 5.78 Å². The fourth-order valence-electron chi connectivity index (χ4n) is 2.63. The van der Waals surface area contributed by atoms with Gasteiger partial charge in [0.05, 0.1) is 0 Å². The minimum absolute atomic E-state index is 0.0681. The van der Waals surface area contributed by atoms with Gasteiger partial charge in [0.2, 0.25) is 0 Å². The SMILES string of the molecule is CCC(=O)c1cc(C(C)(C)C)ccc1C1=C(C)C=CC1. The van der Waals surface area contributed by atoms with Gasteiger partial charge in [-0.25, -0.2) is 0 Å². The molecule has 1 heteroatoms. The van der Waals surface area contributed by atoms with Gasteiger partial charge in [-0.05, 0) is 47.1 Å². The molecule has 106 valence electrons. The van der Waals surface area contributed by atoms with Crippen molar-refractivity contribution in [2.24, 2.45) is 0 Å². The number of hydrogen-bond donors (Lipinski definition) is 0. The minimum Gasteiger partial charge on any atom is -0.294 e. The van der Waals surface area contributed by atoms with Crippen LogP contribution in [0.4, 0.5) is 0 Å². The zero-order valence-electron chi connectivity index (χ0n) is 13.2. The summed E-state index contributed by atoms with van der Waals surface area (Å²) in [5.41, 5.74) is 5.87. The summed E-state index contributed by atoms with van der Waals surface area (Å²) in [7, 11) is 0. The van der Waals surface area contributed by atoms with Crippen molar-refractivity contribution in [1.82, 2.24) is 0 Å². The van der Waals surface area contributed by atoms with E-state index >= 15 is 0 Å². The zero-order valence-corrected chi connectivity index (χ0v) is 13.2. The van der Waals surface area contributed by atoms with Gasteiger partial charge in [-0.3, -0.25) is 4.79 Å². The van der Waals surface area contributed by atoms with Crippen molar-refractivity contribution in [3.05, 3.63) is 52.6 Å². The molecule has 0 saturated carbocycles. The normalized spacial score (nSPS) is 15.1. The van der Waals surface area contributed by atoms with Crippen molar-refractivity contribution in [1.29, 1.82) is 0 Å². The van der Waals surface area contributed by atoms with E-state index in [0.29, 0.717) is 6.42 Å². The van der Waals surface area contributed by atoms with Crippen molar-refractivity contribution in [3.63, 3.8) is 0 Å². The van der Waals surface area contributed by atoms with Gasteiger partial charge >= 0.3 is 0 Å². The van der Waals surface area contributed by atoms with Crippen LogP contribution in [0.1, 0.15) is 68.9 Å². The second kappa shape index (κ2) is 5.40. The van der Waals surface area contributed by atoms with Crippen molar-refractivity contribution in [2.75, 3.05) is 0 Å². The highest BCUT2D eigenvalue weighted by atomic mass is 16.1. The van der Waals surface area contributed by atoms with Crippen molar-refractivity contribution >= 4 is 11.4 Å². The summed E-state index contributed by atoms with van der Waals surface area (Å²) in [6.45, 7) is 10.6. The first-order valence-corrected chi connectivity index (χ1v) is 7.39. The standard InChI is InChI=1S/C19H24O/c1-6-18(20)17-12-14(19(3,4)5)10-11-16(17)15-9-7-8-13(15)2/h7-8,10-12H,6,9H2,1-5H3. The van der Waals surface area contributed by atoms with E-state index in [4.69, 9.17) is 0 Å². The van der Waals surface area contributed by atoms with Crippen LogP contribution in [0.25, 0.3) is 5.57 Å². The lowest BCUT2D eigenvalue weighted by molar-refractivity contribution is 0.0988. The molecule has 0 aliphatic heterocycles. The monoisotopic (exact) mass is 268 g/mol. The molecule has 1 aromatic carbocycles. The average Bonchev–Trinajstić information content (AvgIpc) is 2.82. The summed E-state index contributed by atoms with van der Waals surface area (Å²) in [6, 6.07) is 6.40. The van der Waals surface area contributed by atoms with Crippen LogP contribution < -0.4 is 0 Å². The maximum Gasteiger partial charge on any atom is 0.163 e. The quantitative estimate of drug-likeness (QED) is 0.679. The van der Waals surface area contributed by atoms with Gasteiger partial charge in [0.15, 0.2) is 5.78 Å². The Morgan fingerprint density at radius 3 is 2.45 bits per heavy atom. The molecular weight excluding hydrogens is 244 g/mol. The van der Waals surface area contributed by atoms with Gasteiger partial charge in [0.1, 0.15) is 0 Å². The first kappa shape index (κ1) is 14.8. The van der Waals surface area contributed by atoms with Crippen LogP contribution in [0, 0.1) is 0 Å². The fourth-order valence-corrected chi connectivity index (χ4v) is 2.63. The lowest BCUT2D eigenvalue weighted by Gasteiger charge is -2.21. The molecule has 0 heterocycles. The molecule has 1 nitrogen and oxygen atoms in total. The number of benzene rings is 1. The second-order valence-electron chi connectivity index (χ2n) is 6.56. The molecule has 20 heavy (non-hydrogen) atoms. The fraction of sp³-hybridized carbons (Fsp3) is 0.421. The Morgan fingerprint density at radius 1 is 1.25 bits per heavy atom. The molecule has 0 radical (unpaired) electrons. The molecule has 0 aromatic heterocycles. The van der Waals surface area contributed by atoms with Crippen LogP contribution in [0.2, 0.25) is 0 Å². The van der Waals surface area contributed by atoms with Crippen LogP contribution >= 0.6 is 0 Å². The smallest absolute Gasteiger partial charge is 0.163 e. The molecule has 2 rings (SSSR count). The zero-order chi connectivity index (χ0) is 14.9. The van der Waals surface area contributed by atoms with Gasteiger partial charge in [-0.2, -0.15) is 0 Å². The average molecular weight is 268 g/mol.